The van der Waals surface area contributed by atoms with E-state index in [1.54, 1.807) is 6.08 Å². The molecule has 2 amide bonds. The van der Waals surface area contributed by atoms with Crippen LogP contribution in [0, 0.1) is 12.3 Å². The fourth-order valence-electron chi connectivity index (χ4n) is 5.26. The molecule has 2 aromatic carbocycles. The Kier molecular flexibility index (Phi) is 9.04. The second kappa shape index (κ2) is 12.9. The summed E-state index contributed by atoms with van der Waals surface area (Å²) in [6.07, 6.45) is 6.01. The van der Waals surface area contributed by atoms with E-state index in [4.69, 9.17) is 15.5 Å². The van der Waals surface area contributed by atoms with Crippen LogP contribution in [-0.4, -0.2) is 26.5 Å². The first-order chi connectivity index (χ1) is 21.0. The van der Waals surface area contributed by atoms with Gasteiger partial charge in [0.15, 0.2) is 5.65 Å². The Morgan fingerprint density at radius 3 is 2.48 bits per heavy atom. The molecular formula is C35H43N7O2. The zero-order valence-electron chi connectivity index (χ0n) is 26.5. The number of amides is 2. The molecule has 0 aliphatic heterocycles. The van der Waals surface area contributed by atoms with E-state index >= 15 is 0 Å². The topological polar surface area (TPSA) is 119 Å². The monoisotopic (exact) mass is 593 g/mol. The van der Waals surface area contributed by atoms with Gasteiger partial charge in [-0.1, -0.05) is 76.6 Å². The van der Waals surface area contributed by atoms with Crippen LogP contribution in [-0.2, 0) is 0 Å². The predicted molar refractivity (Wildman–Crippen MR) is 175 cm³/mol. The van der Waals surface area contributed by atoms with E-state index in [0.717, 1.165) is 58.9 Å². The number of benzene rings is 2. The van der Waals surface area contributed by atoms with E-state index in [1.165, 1.54) is 0 Å². The van der Waals surface area contributed by atoms with Gasteiger partial charge in [-0.3, -0.25) is 9.72 Å². The molecule has 4 N–H and O–H groups in total. The molecule has 0 radical (unpaired) electrons. The minimum absolute atomic E-state index is 0.161. The smallest absolute Gasteiger partial charge is 0.320 e. The molecule has 2 atom stereocenters. The zero-order chi connectivity index (χ0) is 31.4. The van der Waals surface area contributed by atoms with Crippen molar-refractivity contribution in [1.29, 1.82) is 0 Å². The number of carbonyl (C=O) groups is 1. The number of ether oxygens (including phenoxy) is 1. The Bertz CT molecular complexity index is 1680. The molecule has 0 spiro atoms. The van der Waals surface area contributed by atoms with Gasteiger partial charge >= 0.3 is 6.03 Å². The number of nitrogens with one attached hydrogen (secondary N) is 2. The number of urea groups is 1. The molecule has 0 bridgehead atoms. The number of carbonyl (C=O) groups excluding carboxylic acids is 1. The number of amidine groups is 1. The van der Waals surface area contributed by atoms with E-state index in [0.29, 0.717) is 11.5 Å². The first kappa shape index (κ1) is 30.8. The highest BCUT2D eigenvalue weighted by Gasteiger charge is 2.27. The van der Waals surface area contributed by atoms with Crippen LogP contribution in [0.5, 0.6) is 5.75 Å². The first-order valence-corrected chi connectivity index (χ1v) is 15.3. The Morgan fingerprint density at radius 1 is 1.05 bits per heavy atom. The third-order valence-electron chi connectivity index (χ3n) is 7.86. The number of allylic oxidation sites excluding steroid dienone is 1. The molecule has 2 heterocycles. The van der Waals surface area contributed by atoms with Gasteiger partial charge in [-0.05, 0) is 61.6 Å². The minimum atomic E-state index is -0.340. The molecule has 0 saturated carbocycles. The van der Waals surface area contributed by atoms with Gasteiger partial charge in [-0.2, -0.15) is 0 Å². The van der Waals surface area contributed by atoms with Gasteiger partial charge < -0.3 is 15.8 Å². The van der Waals surface area contributed by atoms with Gasteiger partial charge in [0.2, 0.25) is 0 Å². The average Bonchev–Trinajstić information content (AvgIpc) is 3.33. The van der Waals surface area contributed by atoms with Crippen molar-refractivity contribution >= 4 is 23.2 Å². The number of pyridine rings is 1. The number of aromatic nitrogens is 3. The molecule has 2 aromatic heterocycles. The number of hydrogen-bond acceptors (Lipinski definition) is 6. The Balaban J connectivity index is 1.36. The van der Waals surface area contributed by atoms with Crippen LogP contribution >= 0.6 is 0 Å². The molecule has 44 heavy (non-hydrogen) atoms. The predicted octanol–water partition coefficient (Wildman–Crippen LogP) is 7.42. The van der Waals surface area contributed by atoms with Gasteiger partial charge in [0.25, 0.3) is 0 Å². The minimum Gasteiger partial charge on any atom is -0.484 e. The first-order valence-electron chi connectivity index (χ1n) is 15.3. The van der Waals surface area contributed by atoms with Crippen molar-refractivity contribution in [1.82, 2.24) is 25.2 Å². The number of nitrogens with zero attached hydrogens (tertiary/aromatic N) is 4. The number of aliphatic imine (C=N–C) groups is 1. The van der Waals surface area contributed by atoms with E-state index in [-0.39, 0.29) is 29.5 Å². The fourth-order valence-corrected chi connectivity index (χ4v) is 5.26. The molecule has 1 aliphatic rings. The van der Waals surface area contributed by atoms with Gasteiger partial charge in [0, 0.05) is 23.1 Å². The third-order valence-corrected chi connectivity index (χ3v) is 7.86. The number of hydrogen-bond donors (Lipinski definition) is 3. The molecule has 9 nitrogen and oxygen atoms in total. The Morgan fingerprint density at radius 2 is 1.77 bits per heavy atom. The third kappa shape index (κ3) is 7.27. The van der Waals surface area contributed by atoms with E-state index in [9.17, 15) is 4.79 Å². The summed E-state index contributed by atoms with van der Waals surface area (Å²) in [5.41, 5.74) is 11.5. The largest absolute Gasteiger partial charge is 0.484 e. The molecule has 0 unspecified atom stereocenters. The Labute approximate surface area is 259 Å². The fraction of sp³-hybridized carbons (Fsp3) is 0.371. The van der Waals surface area contributed by atoms with Crippen molar-refractivity contribution in [2.45, 2.75) is 78.9 Å². The highest BCUT2D eigenvalue weighted by atomic mass is 16.5. The second-order valence-electron chi connectivity index (χ2n) is 12.8. The van der Waals surface area contributed by atoms with Crippen LogP contribution in [0.25, 0.3) is 5.65 Å². The summed E-state index contributed by atoms with van der Waals surface area (Å²) in [4.78, 5) is 18.2. The number of nitrogens with two attached hydrogens (primary N) is 1. The Hall–Kier alpha value is -4.66. The van der Waals surface area contributed by atoms with E-state index in [2.05, 4.69) is 46.8 Å². The quantitative estimate of drug-likeness (QED) is 0.122. The van der Waals surface area contributed by atoms with Crippen molar-refractivity contribution in [3.05, 3.63) is 101 Å². The maximum absolute atomic E-state index is 13.5. The zero-order valence-corrected chi connectivity index (χ0v) is 26.5. The molecule has 9 heteroatoms. The van der Waals surface area contributed by atoms with Crippen LogP contribution in [0.4, 0.5) is 10.5 Å². The highest BCUT2D eigenvalue weighted by molar-refractivity contribution is 6.05. The molecule has 5 rings (SSSR count). The number of aryl methyl sites for hydroxylation is 1. The average molecular weight is 594 g/mol. The normalized spacial score (nSPS) is 17.7. The summed E-state index contributed by atoms with van der Waals surface area (Å²) in [6.45, 7) is 12.3. The molecule has 1 aliphatic carbocycles. The summed E-state index contributed by atoms with van der Waals surface area (Å²) in [6, 6.07) is 19.3. The lowest BCUT2D eigenvalue weighted by Crippen LogP contribution is -2.41. The standard InChI is InChI=1S/C35H43N7O2/c1-22(2)33-41-40-32-19-18-25(21-42(32)33)44-29-13-9-12-28(26-10-7-8-11-27(26)29)38-34(43)39-31(20-30(36)35(4,5)6)37-24-16-14-23(3)15-17-24/h7-8,10-11,14-22,28-29H,9,12-13,36H2,1-6H3,(H2,37,38,39,43)/t28-,29+/m0/s1. The summed E-state index contributed by atoms with van der Waals surface area (Å²) in [5, 5.41) is 14.8. The van der Waals surface area contributed by atoms with Gasteiger partial charge in [-0.15, -0.1) is 10.2 Å². The molecule has 0 saturated heterocycles. The van der Waals surface area contributed by atoms with Gasteiger partial charge in [0.05, 0.1) is 17.9 Å². The lowest BCUT2D eigenvalue weighted by molar-refractivity contribution is 0.193. The van der Waals surface area contributed by atoms with Crippen LogP contribution in [0.3, 0.4) is 0 Å². The van der Waals surface area contributed by atoms with Crippen molar-refractivity contribution < 1.29 is 9.53 Å². The summed E-state index contributed by atoms with van der Waals surface area (Å²) < 4.78 is 8.59. The number of rotatable bonds is 6. The van der Waals surface area contributed by atoms with Crippen LogP contribution < -0.4 is 21.1 Å². The summed E-state index contributed by atoms with van der Waals surface area (Å²) >= 11 is 0. The molecule has 4 aromatic rings. The lowest BCUT2D eigenvalue weighted by atomic mass is 9.92. The van der Waals surface area contributed by atoms with Gasteiger partial charge in [0.1, 0.15) is 23.5 Å². The van der Waals surface area contributed by atoms with Crippen LogP contribution in [0.1, 0.15) is 94.5 Å². The summed E-state index contributed by atoms with van der Waals surface area (Å²) in [5.74, 6) is 2.27. The highest BCUT2D eigenvalue weighted by Crippen LogP contribution is 2.37. The van der Waals surface area contributed by atoms with Crippen molar-refractivity contribution in [3.63, 3.8) is 0 Å². The van der Waals surface area contributed by atoms with Gasteiger partial charge in [-0.25, -0.2) is 9.79 Å². The lowest BCUT2D eigenvalue weighted by Gasteiger charge is -2.23. The SMILES string of the molecule is Cc1ccc(N=C(C=C(N)C(C)(C)C)NC(=O)N[C@H]2CCC[C@@H](Oc3ccc4nnc(C(C)C)n4c3)c3ccccc32)cc1. The van der Waals surface area contributed by atoms with E-state index < -0.39 is 0 Å². The van der Waals surface area contributed by atoms with Crippen molar-refractivity contribution in [3.8, 4) is 5.75 Å². The molecular weight excluding hydrogens is 550 g/mol. The van der Waals surface area contributed by atoms with E-state index in [1.807, 2.05) is 86.8 Å². The second-order valence-corrected chi connectivity index (χ2v) is 12.8. The maximum Gasteiger partial charge on any atom is 0.320 e. The van der Waals surface area contributed by atoms with Crippen molar-refractivity contribution in [2.75, 3.05) is 0 Å². The molecule has 230 valence electrons. The van der Waals surface area contributed by atoms with Crippen LogP contribution in [0.15, 0.2) is 83.6 Å². The molecule has 0 fully saturated rings. The van der Waals surface area contributed by atoms with Crippen molar-refractivity contribution in [2.24, 2.45) is 16.1 Å². The number of fused-ring (bicyclic) bond motifs is 2. The van der Waals surface area contributed by atoms with Crippen LogP contribution in [0.2, 0.25) is 0 Å². The summed E-state index contributed by atoms with van der Waals surface area (Å²) in [7, 11) is 0. The maximum atomic E-state index is 13.5.